The lowest BCUT2D eigenvalue weighted by atomic mass is 10.3. The van der Waals surface area contributed by atoms with E-state index in [9.17, 15) is 8.42 Å². The van der Waals surface area contributed by atoms with Gasteiger partial charge in [0.15, 0.2) is 0 Å². The van der Waals surface area contributed by atoms with Gasteiger partial charge in [0.1, 0.15) is 4.90 Å². The molecular weight excluding hydrogens is 300 g/mol. The summed E-state index contributed by atoms with van der Waals surface area (Å²) in [6, 6.07) is -0.127. The maximum atomic E-state index is 12.8. The highest BCUT2D eigenvalue weighted by atomic mass is 35.5. The largest absolute Gasteiger partial charge is 0.308 e. The molecule has 0 aliphatic rings. The molecule has 1 rings (SSSR count). The molecule has 0 aliphatic carbocycles. The van der Waals surface area contributed by atoms with Crippen molar-refractivity contribution in [1.82, 2.24) is 19.4 Å². The van der Waals surface area contributed by atoms with Gasteiger partial charge in [-0.1, -0.05) is 6.92 Å². The molecule has 0 spiro atoms. The van der Waals surface area contributed by atoms with Crippen molar-refractivity contribution < 1.29 is 8.42 Å². The van der Waals surface area contributed by atoms with Crippen LogP contribution in [-0.2, 0) is 15.9 Å². The Bertz CT molecular complexity index is 542. The lowest BCUT2D eigenvalue weighted by Crippen LogP contribution is -2.43. The lowest BCUT2D eigenvalue weighted by molar-refractivity contribution is 0.271. The number of aryl methyl sites for hydroxylation is 1. The minimum atomic E-state index is -3.60. The van der Waals surface area contributed by atoms with Crippen LogP contribution >= 0.6 is 11.6 Å². The number of nitrogens with zero attached hydrogens (tertiary/aromatic N) is 3. The number of hydrogen-bond acceptors (Lipinski definition) is 4. The van der Waals surface area contributed by atoms with Crippen LogP contribution < -0.4 is 0 Å². The van der Waals surface area contributed by atoms with Crippen molar-refractivity contribution in [3.05, 3.63) is 11.4 Å². The summed E-state index contributed by atoms with van der Waals surface area (Å²) >= 11 is 5.79. The molecule has 0 saturated carbocycles. The summed E-state index contributed by atoms with van der Waals surface area (Å²) in [5, 5.41) is 6.67. The molecule has 0 fully saturated rings. The summed E-state index contributed by atoms with van der Waals surface area (Å²) in [4.78, 5) is 2.17. The number of nitrogens with one attached hydrogen (secondary N) is 1. The number of H-pyrrole nitrogens is 1. The van der Waals surface area contributed by atoms with Crippen LogP contribution in [0.5, 0.6) is 0 Å². The molecule has 0 aromatic carbocycles. The van der Waals surface area contributed by atoms with Gasteiger partial charge in [0.2, 0.25) is 10.0 Å². The van der Waals surface area contributed by atoms with Gasteiger partial charge in [-0.15, -0.1) is 11.6 Å². The van der Waals surface area contributed by atoms with Crippen LogP contribution in [0.3, 0.4) is 0 Å². The number of aromatic amines is 1. The SMILES string of the molecule is CCN(C(C)CN(C)C)S(=O)(=O)c1c(CCl)n[nH]c1C. The van der Waals surface area contributed by atoms with E-state index in [0.717, 1.165) is 0 Å². The normalized spacial score (nSPS) is 14.2. The highest BCUT2D eigenvalue weighted by Gasteiger charge is 2.32. The Hall–Kier alpha value is -0.630. The zero-order valence-electron chi connectivity index (χ0n) is 12.6. The van der Waals surface area contributed by atoms with Crippen molar-refractivity contribution in [2.45, 2.75) is 37.6 Å². The number of rotatable bonds is 7. The summed E-state index contributed by atoms with van der Waals surface area (Å²) < 4.78 is 27.2. The van der Waals surface area contributed by atoms with E-state index >= 15 is 0 Å². The molecule has 20 heavy (non-hydrogen) atoms. The van der Waals surface area contributed by atoms with Crippen molar-refractivity contribution in [3.8, 4) is 0 Å². The van der Waals surface area contributed by atoms with Crippen LogP contribution in [0.2, 0.25) is 0 Å². The Morgan fingerprint density at radius 1 is 1.40 bits per heavy atom. The molecule has 0 radical (unpaired) electrons. The first kappa shape index (κ1) is 17.4. The number of halogens is 1. The third-order valence-corrected chi connectivity index (χ3v) is 5.63. The second-order valence-electron chi connectivity index (χ2n) is 5.08. The van der Waals surface area contributed by atoms with Crippen LogP contribution in [0.15, 0.2) is 4.90 Å². The standard InChI is InChI=1S/C12H23ClN4O2S/c1-6-17(9(2)8-16(4)5)20(18,19)12-10(3)14-15-11(12)7-13/h9H,6-8H2,1-5H3,(H,14,15). The van der Waals surface area contributed by atoms with Crippen LogP contribution in [0.1, 0.15) is 25.2 Å². The molecule has 1 atom stereocenters. The number of sulfonamides is 1. The predicted molar refractivity (Wildman–Crippen MR) is 80.5 cm³/mol. The topological polar surface area (TPSA) is 69.3 Å². The first-order valence-corrected chi connectivity index (χ1v) is 8.49. The monoisotopic (exact) mass is 322 g/mol. The summed E-state index contributed by atoms with van der Waals surface area (Å²) in [7, 11) is 0.244. The molecule has 6 nitrogen and oxygen atoms in total. The van der Waals surface area contributed by atoms with Gasteiger partial charge in [0, 0.05) is 19.1 Å². The summed E-state index contributed by atoms with van der Waals surface area (Å²) in [5.74, 6) is 0.0680. The van der Waals surface area contributed by atoms with Gasteiger partial charge in [0.05, 0.1) is 17.3 Å². The molecule has 1 heterocycles. The van der Waals surface area contributed by atoms with Gasteiger partial charge in [-0.25, -0.2) is 8.42 Å². The Morgan fingerprint density at radius 2 is 2.00 bits per heavy atom. The van der Waals surface area contributed by atoms with Gasteiger partial charge in [-0.2, -0.15) is 9.40 Å². The van der Waals surface area contributed by atoms with Gasteiger partial charge in [-0.3, -0.25) is 5.10 Å². The summed E-state index contributed by atoms with van der Waals surface area (Å²) in [6.45, 7) is 6.49. The molecule has 0 bridgehead atoms. The molecule has 1 unspecified atom stereocenters. The molecule has 1 aromatic heterocycles. The molecule has 0 aliphatic heterocycles. The van der Waals surface area contributed by atoms with E-state index in [2.05, 4.69) is 10.2 Å². The summed E-state index contributed by atoms with van der Waals surface area (Å²) in [5.41, 5.74) is 0.899. The van der Waals surface area contributed by atoms with Crippen molar-refractivity contribution in [2.24, 2.45) is 0 Å². The fourth-order valence-corrected chi connectivity index (χ4v) is 4.59. The predicted octanol–water partition coefficient (Wildman–Crippen LogP) is 1.42. The Balaban J connectivity index is 3.21. The Kier molecular flexibility index (Phi) is 6.00. The lowest BCUT2D eigenvalue weighted by Gasteiger charge is -2.29. The molecule has 116 valence electrons. The zero-order chi connectivity index (χ0) is 15.5. The minimum Gasteiger partial charge on any atom is -0.308 e. The van der Waals surface area contributed by atoms with Crippen molar-refractivity contribution in [3.63, 3.8) is 0 Å². The Morgan fingerprint density at radius 3 is 2.45 bits per heavy atom. The quantitative estimate of drug-likeness (QED) is 0.771. The van der Waals surface area contributed by atoms with E-state index in [4.69, 9.17) is 11.6 Å². The van der Waals surface area contributed by atoms with E-state index in [-0.39, 0.29) is 16.8 Å². The van der Waals surface area contributed by atoms with Gasteiger partial charge in [0.25, 0.3) is 0 Å². The summed E-state index contributed by atoms with van der Waals surface area (Å²) in [6.07, 6.45) is 0. The second kappa shape index (κ2) is 6.89. The second-order valence-corrected chi connectivity index (χ2v) is 7.17. The van der Waals surface area contributed by atoms with E-state index in [0.29, 0.717) is 24.5 Å². The smallest absolute Gasteiger partial charge is 0.247 e. The molecule has 0 saturated heterocycles. The fourth-order valence-electron chi connectivity index (χ4n) is 2.36. The molecule has 1 aromatic rings. The highest BCUT2D eigenvalue weighted by Crippen LogP contribution is 2.24. The van der Waals surface area contributed by atoms with Crippen molar-refractivity contribution in [1.29, 1.82) is 0 Å². The van der Waals surface area contributed by atoms with Crippen LogP contribution in [0, 0.1) is 6.92 Å². The van der Waals surface area contributed by atoms with Gasteiger partial charge >= 0.3 is 0 Å². The molecule has 8 heteroatoms. The highest BCUT2D eigenvalue weighted by molar-refractivity contribution is 7.89. The fraction of sp³-hybridized carbons (Fsp3) is 0.750. The van der Waals surface area contributed by atoms with E-state index in [1.54, 1.807) is 6.92 Å². The molecular formula is C12H23ClN4O2S. The maximum Gasteiger partial charge on any atom is 0.247 e. The third-order valence-electron chi connectivity index (χ3n) is 3.09. The van der Waals surface area contributed by atoms with Crippen LogP contribution in [-0.4, -0.2) is 61.0 Å². The number of aromatic nitrogens is 2. The average molecular weight is 323 g/mol. The van der Waals surface area contributed by atoms with Gasteiger partial charge < -0.3 is 4.90 Å². The molecule has 1 N–H and O–H groups in total. The van der Waals surface area contributed by atoms with E-state index in [1.807, 2.05) is 32.8 Å². The third kappa shape index (κ3) is 3.52. The minimum absolute atomic E-state index is 0.0680. The number of likely N-dealkylation sites (N-methyl/N-ethyl adjacent to an activating group) is 2. The van der Waals surface area contributed by atoms with Crippen LogP contribution in [0.25, 0.3) is 0 Å². The molecule has 0 amide bonds. The first-order chi connectivity index (χ1) is 9.25. The first-order valence-electron chi connectivity index (χ1n) is 6.52. The number of hydrogen-bond donors (Lipinski definition) is 1. The van der Waals surface area contributed by atoms with Crippen molar-refractivity contribution >= 4 is 21.6 Å². The Labute approximate surface area is 126 Å². The van der Waals surface area contributed by atoms with E-state index < -0.39 is 10.0 Å². The zero-order valence-corrected chi connectivity index (χ0v) is 14.2. The van der Waals surface area contributed by atoms with E-state index in [1.165, 1.54) is 4.31 Å². The van der Waals surface area contributed by atoms with Crippen LogP contribution in [0.4, 0.5) is 0 Å². The van der Waals surface area contributed by atoms with Gasteiger partial charge in [-0.05, 0) is 27.9 Å². The number of alkyl halides is 1. The van der Waals surface area contributed by atoms with Crippen molar-refractivity contribution in [2.75, 3.05) is 27.2 Å². The maximum absolute atomic E-state index is 12.8. The average Bonchev–Trinajstić information content (AvgIpc) is 2.70.